The summed E-state index contributed by atoms with van der Waals surface area (Å²) < 4.78 is 7.77. The fourth-order valence-corrected chi connectivity index (χ4v) is 4.63. The van der Waals surface area contributed by atoms with Gasteiger partial charge in [0, 0.05) is 10.4 Å². The lowest BCUT2D eigenvalue weighted by molar-refractivity contribution is 0.0527. The van der Waals surface area contributed by atoms with Crippen molar-refractivity contribution in [1.29, 1.82) is 0 Å². The molecule has 0 spiro atoms. The molecule has 3 aromatic heterocycles. The first-order valence-corrected chi connectivity index (χ1v) is 11.2. The number of hydrogen-bond acceptors (Lipinski definition) is 7. The van der Waals surface area contributed by atoms with Gasteiger partial charge in [-0.15, -0.1) is 0 Å². The van der Waals surface area contributed by atoms with E-state index in [1.807, 2.05) is 49.4 Å². The number of anilines is 2. The zero-order chi connectivity index (χ0) is 22.2. The number of esters is 1. The van der Waals surface area contributed by atoms with Crippen molar-refractivity contribution in [2.24, 2.45) is 0 Å². The maximum atomic E-state index is 12.6. The number of aryl methyl sites for hydroxylation is 1. The van der Waals surface area contributed by atoms with Crippen LogP contribution in [0.5, 0.6) is 0 Å². The molecule has 2 aromatic carbocycles. The summed E-state index contributed by atoms with van der Waals surface area (Å²) in [5.41, 5.74) is 3.01. The van der Waals surface area contributed by atoms with Gasteiger partial charge in [0.1, 0.15) is 5.56 Å². The van der Waals surface area contributed by atoms with E-state index < -0.39 is 5.97 Å². The van der Waals surface area contributed by atoms with Crippen LogP contribution < -0.4 is 5.32 Å². The number of fused-ring (bicyclic) bond motifs is 2. The van der Waals surface area contributed by atoms with E-state index in [0.717, 1.165) is 26.7 Å². The van der Waals surface area contributed by atoms with Crippen LogP contribution in [0.15, 0.2) is 54.7 Å². The second-order valence-corrected chi connectivity index (χ2v) is 8.58. The molecular weight excluding hydrogens is 446 g/mol. The van der Waals surface area contributed by atoms with Crippen molar-refractivity contribution in [3.05, 3.63) is 70.9 Å². The number of nitrogens with zero attached hydrogens (tertiary/aromatic N) is 4. The van der Waals surface area contributed by atoms with E-state index in [0.29, 0.717) is 27.4 Å². The highest BCUT2D eigenvalue weighted by Gasteiger charge is 2.22. The van der Waals surface area contributed by atoms with Gasteiger partial charge in [0.15, 0.2) is 16.8 Å². The van der Waals surface area contributed by atoms with Crippen LogP contribution in [-0.4, -0.2) is 32.3 Å². The Kier molecular flexibility index (Phi) is 5.24. The third-order valence-electron chi connectivity index (χ3n) is 4.97. The summed E-state index contributed by atoms with van der Waals surface area (Å²) in [6.07, 6.45) is 1.48. The van der Waals surface area contributed by atoms with Gasteiger partial charge in [-0.3, -0.25) is 0 Å². The fraction of sp³-hybridized carbons (Fsp3) is 0.130. The molecule has 0 fully saturated rings. The van der Waals surface area contributed by atoms with Gasteiger partial charge in [-0.2, -0.15) is 9.78 Å². The first kappa shape index (κ1) is 20.4. The zero-order valence-electron chi connectivity index (χ0n) is 17.3. The van der Waals surface area contributed by atoms with Crippen molar-refractivity contribution in [3.8, 4) is 5.82 Å². The zero-order valence-corrected chi connectivity index (χ0v) is 18.9. The molecular formula is C23H18ClN5O2S. The lowest BCUT2D eigenvalue weighted by Crippen LogP contribution is -2.10. The van der Waals surface area contributed by atoms with Gasteiger partial charge in [0.2, 0.25) is 0 Å². The molecule has 5 rings (SSSR count). The number of rotatable bonds is 5. The Morgan fingerprint density at radius 2 is 2.00 bits per heavy atom. The predicted molar refractivity (Wildman–Crippen MR) is 127 cm³/mol. The summed E-state index contributed by atoms with van der Waals surface area (Å²) >= 11 is 7.55. The first-order valence-electron chi connectivity index (χ1n) is 9.98. The number of para-hydroxylation sites is 1. The van der Waals surface area contributed by atoms with Gasteiger partial charge in [0.25, 0.3) is 0 Å². The maximum absolute atomic E-state index is 12.6. The van der Waals surface area contributed by atoms with Crippen molar-refractivity contribution in [2.75, 3.05) is 11.9 Å². The summed E-state index contributed by atoms with van der Waals surface area (Å²) in [4.78, 5) is 22.0. The first-order chi connectivity index (χ1) is 15.5. The Balaban J connectivity index is 1.64. The number of thiazole rings is 1. The topological polar surface area (TPSA) is 81.9 Å². The lowest BCUT2D eigenvalue weighted by atomic mass is 10.1. The molecule has 9 heteroatoms. The quantitative estimate of drug-likeness (QED) is 0.326. The van der Waals surface area contributed by atoms with Crippen LogP contribution in [0.25, 0.3) is 26.9 Å². The highest BCUT2D eigenvalue weighted by molar-refractivity contribution is 7.22. The number of benzene rings is 2. The molecule has 160 valence electrons. The van der Waals surface area contributed by atoms with Gasteiger partial charge in [0.05, 0.1) is 28.5 Å². The molecule has 5 aromatic rings. The van der Waals surface area contributed by atoms with Crippen LogP contribution in [0.1, 0.15) is 22.8 Å². The molecule has 0 amide bonds. The van der Waals surface area contributed by atoms with Crippen molar-refractivity contribution in [1.82, 2.24) is 19.7 Å². The molecule has 0 atom stereocenters. The SMILES string of the molecule is CCOC(=O)c1cnn(-c2cc(C)c3ccccc3n2)c1Nc1nc2ccc(Cl)cc2s1. The number of ether oxygens (including phenoxy) is 1. The number of carbonyl (C=O) groups is 1. The van der Waals surface area contributed by atoms with E-state index in [1.165, 1.54) is 17.5 Å². The lowest BCUT2D eigenvalue weighted by Gasteiger charge is -2.11. The van der Waals surface area contributed by atoms with Crippen LogP contribution in [0, 0.1) is 6.92 Å². The Hall–Kier alpha value is -3.49. The number of nitrogens with one attached hydrogen (secondary N) is 1. The van der Waals surface area contributed by atoms with Crippen molar-refractivity contribution >= 4 is 61.0 Å². The molecule has 0 radical (unpaired) electrons. The minimum atomic E-state index is -0.470. The van der Waals surface area contributed by atoms with Gasteiger partial charge in [-0.1, -0.05) is 41.1 Å². The predicted octanol–water partition coefficient (Wildman–Crippen LogP) is 5.91. The molecule has 0 aliphatic heterocycles. The minimum Gasteiger partial charge on any atom is -0.462 e. The smallest absolute Gasteiger partial charge is 0.343 e. The Morgan fingerprint density at radius 1 is 1.16 bits per heavy atom. The summed E-state index contributed by atoms with van der Waals surface area (Å²) in [5, 5.41) is 10.0. The normalized spacial score (nSPS) is 11.2. The van der Waals surface area contributed by atoms with E-state index in [2.05, 4.69) is 15.4 Å². The average molecular weight is 464 g/mol. The van der Waals surface area contributed by atoms with Crippen LogP contribution in [0.3, 0.4) is 0 Å². The second-order valence-electron chi connectivity index (χ2n) is 7.11. The Morgan fingerprint density at radius 3 is 2.84 bits per heavy atom. The number of hydrogen-bond donors (Lipinski definition) is 1. The van der Waals surface area contributed by atoms with Crippen molar-refractivity contribution in [2.45, 2.75) is 13.8 Å². The van der Waals surface area contributed by atoms with E-state index in [1.54, 1.807) is 17.7 Å². The van der Waals surface area contributed by atoms with E-state index in [9.17, 15) is 4.79 Å². The van der Waals surface area contributed by atoms with E-state index >= 15 is 0 Å². The standard InChI is InChI=1S/C23H18ClN5O2S/c1-3-31-22(30)16-12-25-29(20-10-13(2)15-6-4-5-7-17(15)26-20)21(16)28-23-27-18-9-8-14(24)11-19(18)32-23/h4-12H,3H2,1-2H3,(H,27,28). The van der Waals surface area contributed by atoms with Crippen molar-refractivity contribution < 1.29 is 9.53 Å². The molecule has 0 saturated heterocycles. The molecule has 32 heavy (non-hydrogen) atoms. The van der Waals surface area contributed by atoms with Crippen LogP contribution in [-0.2, 0) is 4.74 Å². The number of aromatic nitrogens is 4. The maximum Gasteiger partial charge on any atom is 0.343 e. The summed E-state index contributed by atoms with van der Waals surface area (Å²) in [6, 6.07) is 15.4. The average Bonchev–Trinajstić information content (AvgIpc) is 3.37. The van der Waals surface area contributed by atoms with Gasteiger partial charge >= 0.3 is 5.97 Å². The van der Waals surface area contributed by atoms with E-state index in [-0.39, 0.29) is 6.61 Å². The minimum absolute atomic E-state index is 0.260. The number of halogens is 1. The van der Waals surface area contributed by atoms with Crippen LogP contribution >= 0.6 is 22.9 Å². The fourth-order valence-electron chi connectivity index (χ4n) is 3.49. The largest absolute Gasteiger partial charge is 0.462 e. The number of pyridine rings is 1. The highest BCUT2D eigenvalue weighted by atomic mass is 35.5. The molecule has 3 heterocycles. The second kappa shape index (κ2) is 8.22. The van der Waals surface area contributed by atoms with Crippen LogP contribution in [0.2, 0.25) is 5.02 Å². The van der Waals surface area contributed by atoms with E-state index in [4.69, 9.17) is 21.3 Å². The summed E-state index contributed by atoms with van der Waals surface area (Å²) in [6.45, 7) is 4.05. The number of carbonyl (C=O) groups excluding carboxylic acids is 1. The third-order valence-corrected chi connectivity index (χ3v) is 6.14. The Bertz CT molecular complexity index is 1480. The molecule has 0 aliphatic rings. The van der Waals surface area contributed by atoms with Crippen molar-refractivity contribution in [3.63, 3.8) is 0 Å². The molecule has 0 bridgehead atoms. The molecule has 0 saturated carbocycles. The summed E-state index contributed by atoms with van der Waals surface area (Å²) in [7, 11) is 0. The van der Waals surface area contributed by atoms with Gasteiger partial charge in [-0.05, 0) is 49.7 Å². The summed E-state index contributed by atoms with van der Waals surface area (Å²) in [5.74, 6) is 0.558. The monoisotopic (exact) mass is 463 g/mol. The molecule has 1 N–H and O–H groups in total. The molecule has 7 nitrogen and oxygen atoms in total. The molecule has 0 aliphatic carbocycles. The highest BCUT2D eigenvalue weighted by Crippen LogP contribution is 2.32. The van der Waals surface area contributed by atoms with Crippen LogP contribution in [0.4, 0.5) is 10.9 Å². The van der Waals surface area contributed by atoms with Gasteiger partial charge in [-0.25, -0.2) is 14.8 Å². The van der Waals surface area contributed by atoms with Gasteiger partial charge < -0.3 is 10.1 Å². The molecule has 0 unspecified atom stereocenters. The Labute approximate surface area is 192 Å². The third kappa shape index (κ3) is 3.68.